The Balaban J connectivity index is 1.66. The molecule has 1 aromatic heterocycles. The number of hydrogen-bond acceptors (Lipinski definition) is 4. The van der Waals surface area contributed by atoms with Gasteiger partial charge in [0, 0.05) is 37.7 Å². The molecule has 4 heteroatoms. The molecule has 1 aliphatic heterocycles. The first-order valence-electron chi connectivity index (χ1n) is 7.11. The third kappa shape index (κ3) is 3.02. The van der Waals surface area contributed by atoms with Crippen molar-refractivity contribution in [2.45, 2.75) is 12.8 Å². The summed E-state index contributed by atoms with van der Waals surface area (Å²) in [5, 5.41) is 3.31. The van der Waals surface area contributed by atoms with E-state index in [0.717, 1.165) is 30.5 Å². The van der Waals surface area contributed by atoms with Gasteiger partial charge in [0.1, 0.15) is 0 Å². The molecule has 1 aliphatic rings. The van der Waals surface area contributed by atoms with Gasteiger partial charge in [-0.3, -0.25) is 0 Å². The first-order chi connectivity index (χ1) is 9.86. The maximum Gasteiger partial charge on any atom is 0.185 e. The highest BCUT2D eigenvalue weighted by Crippen LogP contribution is 2.30. The van der Waals surface area contributed by atoms with Crippen molar-refractivity contribution in [2.24, 2.45) is 5.92 Å². The van der Waals surface area contributed by atoms with Crippen LogP contribution in [0, 0.1) is 5.92 Å². The summed E-state index contributed by atoms with van der Waals surface area (Å²) in [4.78, 5) is 7.19. The monoisotopic (exact) mass is 288 g/mol. The Bertz CT molecular complexity index is 532. The molecule has 1 saturated heterocycles. The van der Waals surface area contributed by atoms with Crippen molar-refractivity contribution in [1.82, 2.24) is 4.98 Å². The Morgan fingerprint density at radius 3 is 2.70 bits per heavy atom. The van der Waals surface area contributed by atoms with Crippen molar-refractivity contribution >= 4 is 16.5 Å². The summed E-state index contributed by atoms with van der Waals surface area (Å²) in [7, 11) is 1.79. The van der Waals surface area contributed by atoms with Crippen molar-refractivity contribution < 1.29 is 4.74 Å². The molecule has 106 valence electrons. The minimum absolute atomic E-state index is 0.713. The average molecular weight is 288 g/mol. The predicted octanol–water partition coefficient (Wildman–Crippen LogP) is 3.67. The van der Waals surface area contributed by atoms with Gasteiger partial charge in [-0.05, 0) is 18.8 Å². The minimum atomic E-state index is 0.713. The van der Waals surface area contributed by atoms with Gasteiger partial charge < -0.3 is 9.64 Å². The molecule has 0 radical (unpaired) electrons. The number of nitrogens with zero attached hydrogens (tertiary/aromatic N) is 2. The van der Waals surface area contributed by atoms with E-state index in [-0.39, 0.29) is 0 Å². The van der Waals surface area contributed by atoms with Crippen LogP contribution < -0.4 is 4.90 Å². The van der Waals surface area contributed by atoms with Crippen LogP contribution in [0.1, 0.15) is 12.8 Å². The molecular weight excluding hydrogens is 268 g/mol. The number of benzene rings is 1. The van der Waals surface area contributed by atoms with Crippen molar-refractivity contribution in [3.8, 4) is 11.3 Å². The van der Waals surface area contributed by atoms with Crippen LogP contribution in [0.4, 0.5) is 5.13 Å². The second-order valence-corrected chi connectivity index (χ2v) is 6.10. The minimum Gasteiger partial charge on any atom is -0.384 e. The zero-order valence-corrected chi connectivity index (χ0v) is 12.6. The number of ether oxygens (including phenoxy) is 1. The molecule has 0 N–H and O–H groups in total. The van der Waals surface area contributed by atoms with Gasteiger partial charge >= 0.3 is 0 Å². The summed E-state index contributed by atoms with van der Waals surface area (Å²) in [6.45, 7) is 3.08. The standard InChI is InChI=1S/C16H20N2OS/c1-19-11-13-7-9-18(10-8-13)16-17-15(12-20-16)14-5-3-2-4-6-14/h2-6,12-13H,7-11H2,1H3. The smallest absolute Gasteiger partial charge is 0.185 e. The van der Waals surface area contributed by atoms with E-state index in [1.54, 1.807) is 18.4 Å². The van der Waals surface area contributed by atoms with Crippen LogP contribution in [-0.2, 0) is 4.74 Å². The number of anilines is 1. The summed E-state index contributed by atoms with van der Waals surface area (Å²) in [5.41, 5.74) is 2.29. The molecule has 0 atom stereocenters. The molecule has 0 unspecified atom stereocenters. The van der Waals surface area contributed by atoms with Gasteiger partial charge in [-0.2, -0.15) is 0 Å². The second kappa shape index (κ2) is 6.37. The Hall–Kier alpha value is -1.39. The van der Waals surface area contributed by atoms with Gasteiger partial charge in [-0.25, -0.2) is 4.98 Å². The molecule has 0 saturated carbocycles. The van der Waals surface area contributed by atoms with E-state index in [4.69, 9.17) is 9.72 Å². The van der Waals surface area contributed by atoms with Crippen LogP contribution in [-0.4, -0.2) is 31.8 Å². The number of methoxy groups -OCH3 is 1. The highest BCUT2D eigenvalue weighted by Gasteiger charge is 2.21. The maximum atomic E-state index is 5.25. The summed E-state index contributed by atoms with van der Waals surface area (Å²) in [5.74, 6) is 0.713. The lowest BCUT2D eigenvalue weighted by atomic mass is 9.98. The van der Waals surface area contributed by atoms with Gasteiger partial charge in [-0.15, -0.1) is 11.3 Å². The van der Waals surface area contributed by atoms with Crippen LogP contribution >= 0.6 is 11.3 Å². The van der Waals surface area contributed by atoms with Gasteiger partial charge in [0.05, 0.1) is 5.69 Å². The average Bonchev–Trinajstić information content (AvgIpc) is 2.99. The number of piperidine rings is 1. The fourth-order valence-electron chi connectivity index (χ4n) is 2.68. The first kappa shape index (κ1) is 13.6. The van der Waals surface area contributed by atoms with Crippen LogP contribution in [0.2, 0.25) is 0 Å². The SMILES string of the molecule is COCC1CCN(c2nc(-c3ccccc3)cs2)CC1. The van der Waals surface area contributed by atoms with Crippen molar-refractivity contribution in [2.75, 3.05) is 31.7 Å². The van der Waals surface area contributed by atoms with Crippen molar-refractivity contribution in [3.63, 3.8) is 0 Å². The lowest BCUT2D eigenvalue weighted by Gasteiger charge is -2.31. The normalized spacial score (nSPS) is 16.6. The second-order valence-electron chi connectivity index (χ2n) is 5.27. The fourth-order valence-corrected chi connectivity index (χ4v) is 3.57. The van der Waals surface area contributed by atoms with Gasteiger partial charge in [0.2, 0.25) is 0 Å². The molecule has 2 heterocycles. The fraction of sp³-hybridized carbons (Fsp3) is 0.438. The molecule has 3 rings (SSSR count). The van der Waals surface area contributed by atoms with E-state index in [9.17, 15) is 0 Å². The molecule has 1 aromatic carbocycles. The number of rotatable bonds is 4. The van der Waals surface area contributed by atoms with Crippen LogP contribution in [0.5, 0.6) is 0 Å². The molecule has 0 amide bonds. The van der Waals surface area contributed by atoms with E-state index in [0.29, 0.717) is 5.92 Å². The Labute approximate surface area is 124 Å². The zero-order valence-electron chi connectivity index (χ0n) is 11.8. The van der Waals surface area contributed by atoms with E-state index < -0.39 is 0 Å². The van der Waals surface area contributed by atoms with E-state index >= 15 is 0 Å². The quantitative estimate of drug-likeness (QED) is 0.858. The third-order valence-corrected chi connectivity index (χ3v) is 4.75. The van der Waals surface area contributed by atoms with Gasteiger partial charge in [-0.1, -0.05) is 30.3 Å². The summed E-state index contributed by atoms with van der Waals surface area (Å²) >= 11 is 1.75. The summed E-state index contributed by atoms with van der Waals surface area (Å²) < 4.78 is 5.25. The lowest BCUT2D eigenvalue weighted by molar-refractivity contribution is 0.139. The summed E-state index contributed by atoms with van der Waals surface area (Å²) in [6, 6.07) is 10.4. The highest BCUT2D eigenvalue weighted by molar-refractivity contribution is 7.14. The molecule has 0 spiro atoms. The van der Waals surface area contributed by atoms with Crippen molar-refractivity contribution in [1.29, 1.82) is 0 Å². The molecular formula is C16H20N2OS. The Morgan fingerprint density at radius 1 is 1.25 bits per heavy atom. The van der Waals surface area contributed by atoms with E-state index in [1.165, 1.54) is 18.4 Å². The molecule has 0 bridgehead atoms. The van der Waals surface area contributed by atoms with Gasteiger partial charge in [0.15, 0.2) is 5.13 Å². The Morgan fingerprint density at radius 2 is 2.00 bits per heavy atom. The number of aromatic nitrogens is 1. The van der Waals surface area contributed by atoms with Crippen molar-refractivity contribution in [3.05, 3.63) is 35.7 Å². The third-order valence-electron chi connectivity index (χ3n) is 3.85. The lowest BCUT2D eigenvalue weighted by Crippen LogP contribution is -2.34. The predicted molar refractivity (Wildman–Crippen MR) is 84.4 cm³/mol. The maximum absolute atomic E-state index is 5.25. The van der Waals surface area contributed by atoms with E-state index in [1.807, 2.05) is 6.07 Å². The molecule has 0 aliphatic carbocycles. The van der Waals surface area contributed by atoms with Crippen LogP contribution in [0.25, 0.3) is 11.3 Å². The van der Waals surface area contributed by atoms with Crippen LogP contribution in [0.3, 0.4) is 0 Å². The first-order valence-corrected chi connectivity index (χ1v) is 7.99. The Kier molecular flexibility index (Phi) is 4.33. The number of hydrogen-bond donors (Lipinski definition) is 0. The van der Waals surface area contributed by atoms with Crippen LogP contribution in [0.15, 0.2) is 35.7 Å². The van der Waals surface area contributed by atoms with Gasteiger partial charge in [0.25, 0.3) is 0 Å². The summed E-state index contributed by atoms with van der Waals surface area (Å²) in [6.07, 6.45) is 2.40. The highest BCUT2D eigenvalue weighted by atomic mass is 32.1. The van der Waals surface area contributed by atoms with E-state index in [2.05, 4.69) is 34.5 Å². The zero-order chi connectivity index (χ0) is 13.8. The topological polar surface area (TPSA) is 25.4 Å². The number of thiazole rings is 1. The molecule has 3 nitrogen and oxygen atoms in total. The largest absolute Gasteiger partial charge is 0.384 e. The molecule has 2 aromatic rings. The molecule has 1 fully saturated rings. The molecule has 20 heavy (non-hydrogen) atoms.